The molecule has 0 saturated heterocycles. The van der Waals surface area contributed by atoms with E-state index in [0.29, 0.717) is 33.5 Å². The van der Waals surface area contributed by atoms with Crippen molar-refractivity contribution in [3.8, 4) is 22.8 Å². The van der Waals surface area contributed by atoms with Gasteiger partial charge in [-0.15, -0.1) is 0 Å². The lowest BCUT2D eigenvalue weighted by Gasteiger charge is -2.31. The summed E-state index contributed by atoms with van der Waals surface area (Å²) in [6.45, 7) is 2.17. The zero-order valence-electron chi connectivity index (χ0n) is 22.6. The van der Waals surface area contributed by atoms with Gasteiger partial charge in [-0.25, -0.2) is 18.4 Å². The first-order chi connectivity index (χ1) is 20.4. The molecule has 8 nitrogen and oxygen atoms in total. The highest BCUT2D eigenvalue weighted by molar-refractivity contribution is 7.99. The van der Waals surface area contributed by atoms with Crippen molar-refractivity contribution >= 4 is 39.1 Å². The van der Waals surface area contributed by atoms with E-state index in [9.17, 15) is 13.2 Å². The average Bonchev–Trinajstić information content (AvgIpc) is 3.00. The van der Waals surface area contributed by atoms with Crippen molar-refractivity contribution in [2.75, 3.05) is 15.4 Å². The number of anilines is 2. The molecule has 0 fully saturated rings. The zero-order valence-corrected chi connectivity index (χ0v) is 24.2. The fourth-order valence-electron chi connectivity index (χ4n) is 4.65. The van der Waals surface area contributed by atoms with Crippen molar-refractivity contribution in [3.05, 3.63) is 120 Å². The second-order valence-corrected chi connectivity index (χ2v) is 12.4. The number of thioether (sulfide) groups is 1. The van der Waals surface area contributed by atoms with Crippen LogP contribution in [0, 0.1) is 6.92 Å². The maximum atomic E-state index is 13.7. The number of fused-ring (bicyclic) bond motifs is 3. The highest BCUT2D eigenvalue weighted by atomic mass is 32.2. The summed E-state index contributed by atoms with van der Waals surface area (Å²) in [6, 6.07) is 31.6. The molecule has 10 heteroatoms. The normalized spacial score (nSPS) is 13.1. The fraction of sp³-hybridized carbons (Fsp3) is 0.0938. The largest absolute Gasteiger partial charge is 0.457 e. The highest BCUT2D eigenvalue weighted by Gasteiger charge is 2.36. The van der Waals surface area contributed by atoms with Gasteiger partial charge in [0.15, 0.2) is 5.16 Å². The number of carbonyl (C=O) groups is 1. The number of carbonyl (C=O) groups excluding carboxylic acids is 1. The van der Waals surface area contributed by atoms with Gasteiger partial charge in [-0.05, 0) is 55.0 Å². The van der Waals surface area contributed by atoms with E-state index in [-0.39, 0.29) is 23.1 Å². The van der Waals surface area contributed by atoms with Crippen molar-refractivity contribution in [2.24, 2.45) is 0 Å². The maximum Gasteiger partial charge on any atom is 0.268 e. The summed E-state index contributed by atoms with van der Waals surface area (Å²) in [5.41, 5.74) is 4.15. The Labute approximate surface area is 248 Å². The van der Waals surface area contributed by atoms with Gasteiger partial charge in [0.1, 0.15) is 16.4 Å². The van der Waals surface area contributed by atoms with Crippen molar-refractivity contribution in [1.29, 1.82) is 0 Å². The first kappa shape index (κ1) is 27.5. The van der Waals surface area contributed by atoms with Crippen molar-refractivity contribution in [1.82, 2.24) is 9.97 Å². The molecular formula is C32H26N4O4S2. The van der Waals surface area contributed by atoms with Gasteiger partial charge >= 0.3 is 0 Å². The van der Waals surface area contributed by atoms with E-state index in [4.69, 9.17) is 4.74 Å². The summed E-state index contributed by atoms with van der Waals surface area (Å²) in [6.07, 6.45) is 1.34. The molecule has 1 aliphatic heterocycles. The zero-order chi connectivity index (χ0) is 29.1. The number of benzene rings is 4. The number of aryl methyl sites for hydroxylation is 1. The lowest BCUT2D eigenvalue weighted by Crippen LogP contribution is -2.34. The Morgan fingerprint density at radius 3 is 2.43 bits per heavy atom. The van der Waals surface area contributed by atoms with Crippen LogP contribution in [0.4, 0.5) is 11.4 Å². The number of hydrogen-bond donors (Lipinski definition) is 1. The minimum atomic E-state index is -3.91. The SMILES string of the molecule is Cc1cccc(CN2c3ccccc3-c3nc(SCC(=O)Nc4ccc(Oc5ccccc5)cc4)ncc3S2(=O)=O)c1. The van der Waals surface area contributed by atoms with E-state index in [1.54, 1.807) is 30.3 Å². The van der Waals surface area contributed by atoms with Crippen LogP contribution in [0.25, 0.3) is 11.3 Å². The summed E-state index contributed by atoms with van der Waals surface area (Å²) in [5.74, 6) is 1.19. The van der Waals surface area contributed by atoms with Crippen molar-refractivity contribution < 1.29 is 17.9 Å². The molecule has 6 rings (SSSR count). The van der Waals surface area contributed by atoms with Gasteiger partial charge in [-0.3, -0.25) is 9.10 Å². The Morgan fingerprint density at radius 2 is 1.64 bits per heavy atom. The minimum absolute atomic E-state index is 0.0421. The Balaban J connectivity index is 1.16. The molecule has 0 radical (unpaired) electrons. The van der Waals surface area contributed by atoms with Gasteiger partial charge in [0.2, 0.25) is 5.91 Å². The predicted molar refractivity (Wildman–Crippen MR) is 164 cm³/mol. The molecule has 5 aromatic rings. The lowest BCUT2D eigenvalue weighted by molar-refractivity contribution is -0.113. The van der Waals surface area contributed by atoms with E-state index in [1.165, 1.54) is 10.5 Å². The van der Waals surface area contributed by atoms with Crippen LogP contribution in [0.5, 0.6) is 11.5 Å². The number of rotatable bonds is 8. The number of nitrogens with one attached hydrogen (secondary N) is 1. The number of sulfonamides is 1. The Morgan fingerprint density at radius 1 is 0.905 bits per heavy atom. The Bertz CT molecular complexity index is 1860. The molecule has 2 heterocycles. The van der Waals surface area contributed by atoms with Crippen LogP contribution in [-0.2, 0) is 21.4 Å². The molecular weight excluding hydrogens is 569 g/mol. The van der Waals surface area contributed by atoms with E-state index in [1.807, 2.05) is 79.7 Å². The number of nitrogens with zero attached hydrogens (tertiary/aromatic N) is 3. The molecule has 210 valence electrons. The number of ether oxygens (including phenoxy) is 1. The van der Waals surface area contributed by atoms with E-state index >= 15 is 0 Å². The minimum Gasteiger partial charge on any atom is -0.457 e. The quantitative estimate of drug-likeness (QED) is 0.158. The monoisotopic (exact) mass is 594 g/mol. The molecule has 0 bridgehead atoms. The third kappa shape index (κ3) is 5.86. The van der Waals surface area contributed by atoms with Crippen LogP contribution < -0.4 is 14.4 Å². The molecule has 0 atom stereocenters. The molecule has 1 amide bonds. The van der Waals surface area contributed by atoms with Crippen LogP contribution in [-0.4, -0.2) is 30.0 Å². The van der Waals surface area contributed by atoms with Gasteiger partial charge in [-0.2, -0.15) is 0 Å². The maximum absolute atomic E-state index is 13.7. The lowest BCUT2D eigenvalue weighted by atomic mass is 10.1. The van der Waals surface area contributed by atoms with Gasteiger partial charge in [0, 0.05) is 11.3 Å². The number of amides is 1. The Kier molecular flexibility index (Phi) is 7.64. The van der Waals surface area contributed by atoms with Gasteiger partial charge in [0.05, 0.1) is 29.9 Å². The third-order valence-corrected chi connectivity index (χ3v) is 9.21. The molecule has 0 saturated carbocycles. The molecule has 1 aliphatic rings. The molecule has 1 N–H and O–H groups in total. The standard InChI is InChI=1S/C32H26N4O4S2/c1-22-8-7-9-23(18-22)20-36-28-13-6-5-12-27(28)31-29(42(36,38)39)19-33-32(35-31)41-21-30(37)34-24-14-16-26(17-15-24)40-25-10-3-2-4-11-25/h2-19H,20-21H2,1H3,(H,34,37). The first-order valence-electron chi connectivity index (χ1n) is 13.2. The smallest absolute Gasteiger partial charge is 0.268 e. The van der Waals surface area contributed by atoms with Gasteiger partial charge < -0.3 is 10.1 Å². The van der Waals surface area contributed by atoms with E-state index in [2.05, 4.69) is 15.3 Å². The fourth-order valence-corrected chi connectivity index (χ4v) is 6.83. The Hall–Kier alpha value is -4.67. The second kappa shape index (κ2) is 11.7. The van der Waals surface area contributed by atoms with E-state index in [0.717, 1.165) is 28.6 Å². The highest BCUT2D eigenvalue weighted by Crippen LogP contribution is 2.42. The number of hydrogen-bond acceptors (Lipinski definition) is 7. The summed E-state index contributed by atoms with van der Waals surface area (Å²) >= 11 is 1.14. The molecule has 1 aromatic heterocycles. The number of aromatic nitrogens is 2. The van der Waals surface area contributed by atoms with Crippen LogP contribution in [0.1, 0.15) is 11.1 Å². The molecule has 42 heavy (non-hydrogen) atoms. The number of para-hydroxylation sites is 2. The average molecular weight is 595 g/mol. The molecule has 0 spiro atoms. The third-order valence-electron chi connectivity index (χ3n) is 6.59. The van der Waals surface area contributed by atoms with Crippen molar-refractivity contribution in [3.63, 3.8) is 0 Å². The predicted octanol–water partition coefficient (Wildman–Crippen LogP) is 6.68. The van der Waals surface area contributed by atoms with Crippen LogP contribution >= 0.6 is 11.8 Å². The summed E-state index contributed by atoms with van der Waals surface area (Å²) in [4.78, 5) is 21.6. The molecule has 4 aromatic carbocycles. The van der Waals surface area contributed by atoms with Crippen LogP contribution in [0.3, 0.4) is 0 Å². The van der Waals surface area contributed by atoms with Gasteiger partial charge in [0.25, 0.3) is 10.0 Å². The summed E-state index contributed by atoms with van der Waals surface area (Å²) in [7, 11) is -3.91. The van der Waals surface area contributed by atoms with Crippen LogP contribution in [0.15, 0.2) is 119 Å². The van der Waals surface area contributed by atoms with E-state index < -0.39 is 10.0 Å². The summed E-state index contributed by atoms with van der Waals surface area (Å²) < 4.78 is 34.7. The van der Waals surface area contributed by atoms with Crippen molar-refractivity contribution in [2.45, 2.75) is 23.5 Å². The second-order valence-electron chi connectivity index (χ2n) is 9.66. The topological polar surface area (TPSA) is 101 Å². The first-order valence-corrected chi connectivity index (χ1v) is 15.6. The van der Waals surface area contributed by atoms with Gasteiger partial charge in [-0.1, -0.05) is 78.0 Å². The van der Waals surface area contributed by atoms with Crippen LogP contribution in [0.2, 0.25) is 0 Å². The molecule has 0 unspecified atom stereocenters. The molecule has 0 aliphatic carbocycles. The summed E-state index contributed by atoms with van der Waals surface area (Å²) in [5, 5.41) is 3.17.